The van der Waals surface area contributed by atoms with Gasteiger partial charge >= 0.3 is 0 Å². The molecule has 144 valence electrons. The molecule has 1 saturated heterocycles. The van der Waals surface area contributed by atoms with Crippen LogP contribution in [0.4, 0.5) is 0 Å². The Morgan fingerprint density at radius 3 is 2.67 bits per heavy atom. The van der Waals surface area contributed by atoms with E-state index in [0.717, 1.165) is 11.4 Å². The molecule has 0 N–H and O–H groups in total. The maximum Gasteiger partial charge on any atom is 0.245 e. The van der Waals surface area contributed by atoms with Gasteiger partial charge in [0.2, 0.25) is 11.8 Å². The Bertz CT molecular complexity index is 827. The topological polar surface area (TPSA) is 58.4 Å². The van der Waals surface area contributed by atoms with Crippen molar-refractivity contribution in [3.63, 3.8) is 0 Å². The molecule has 1 atom stereocenters. The highest BCUT2D eigenvalue weighted by Crippen LogP contribution is 2.20. The van der Waals surface area contributed by atoms with Gasteiger partial charge in [-0.25, -0.2) is 4.98 Å². The van der Waals surface area contributed by atoms with Crippen molar-refractivity contribution < 1.29 is 9.59 Å². The molecule has 1 aliphatic heterocycles. The van der Waals surface area contributed by atoms with Gasteiger partial charge in [0.15, 0.2) is 0 Å². The number of carbonyl (C=O) groups is 2. The van der Waals surface area contributed by atoms with Crippen molar-refractivity contribution in [3.05, 3.63) is 53.6 Å². The van der Waals surface area contributed by atoms with Gasteiger partial charge in [-0.1, -0.05) is 43.7 Å². The van der Waals surface area contributed by atoms with Crippen LogP contribution in [0, 0.1) is 6.92 Å². The van der Waals surface area contributed by atoms with Crippen LogP contribution in [0.15, 0.2) is 36.7 Å². The fourth-order valence-electron chi connectivity index (χ4n) is 3.58. The monoisotopic (exact) mass is 368 g/mol. The predicted octanol–water partition coefficient (Wildman–Crippen LogP) is 2.75. The molecule has 2 aromatic rings. The maximum absolute atomic E-state index is 12.9. The summed E-state index contributed by atoms with van der Waals surface area (Å²) >= 11 is 0. The minimum Gasteiger partial charge on any atom is -0.335 e. The van der Waals surface area contributed by atoms with Crippen molar-refractivity contribution in [2.75, 3.05) is 19.6 Å². The zero-order valence-electron chi connectivity index (χ0n) is 16.6. The fourth-order valence-corrected chi connectivity index (χ4v) is 3.58. The third-order valence-electron chi connectivity index (χ3n) is 5.08. The van der Waals surface area contributed by atoms with Gasteiger partial charge in [-0.15, -0.1) is 0 Å². The quantitative estimate of drug-likeness (QED) is 0.815. The molecule has 0 aliphatic carbocycles. The predicted molar refractivity (Wildman–Crippen MR) is 104 cm³/mol. The first-order valence-corrected chi connectivity index (χ1v) is 9.51. The molecular weight excluding hydrogens is 340 g/mol. The van der Waals surface area contributed by atoms with Crippen molar-refractivity contribution in [1.82, 2.24) is 19.4 Å². The molecule has 6 heteroatoms. The molecule has 0 saturated carbocycles. The Kier molecular flexibility index (Phi) is 5.63. The summed E-state index contributed by atoms with van der Waals surface area (Å²) in [6.45, 7) is 9.90. The number of benzene rings is 1. The van der Waals surface area contributed by atoms with Crippen molar-refractivity contribution >= 4 is 11.8 Å². The summed E-state index contributed by atoms with van der Waals surface area (Å²) in [6, 6.07) is 7.82. The molecule has 1 fully saturated rings. The number of amides is 2. The summed E-state index contributed by atoms with van der Waals surface area (Å²) in [7, 11) is 0. The lowest BCUT2D eigenvalue weighted by Gasteiger charge is -2.36. The number of aryl methyl sites for hydroxylation is 1. The number of carbonyl (C=O) groups excluding carboxylic acids is 2. The lowest BCUT2D eigenvalue weighted by molar-refractivity contribution is -0.147. The third kappa shape index (κ3) is 4.21. The van der Waals surface area contributed by atoms with E-state index < -0.39 is 0 Å². The molecule has 2 amide bonds. The number of piperazine rings is 1. The maximum atomic E-state index is 12.9. The van der Waals surface area contributed by atoms with Crippen molar-refractivity contribution in [2.24, 2.45) is 0 Å². The lowest BCUT2D eigenvalue weighted by atomic mass is 10.1. The van der Waals surface area contributed by atoms with Crippen LogP contribution >= 0.6 is 0 Å². The first-order chi connectivity index (χ1) is 12.9. The van der Waals surface area contributed by atoms with Crippen LogP contribution in [-0.4, -0.2) is 50.8 Å². The Morgan fingerprint density at radius 1 is 1.22 bits per heavy atom. The van der Waals surface area contributed by atoms with Crippen LogP contribution in [0.2, 0.25) is 0 Å². The van der Waals surface area contributed by atoms with E-state index in [4.69, 9.17) is 0 Å². The van der Waals surface area contributed by atoms with Crippen LogP contribution in [0.5, 0.6) is 0 Å². The second-order valence-electron chi connectivity index (χ2n) is 7.59. The number of nitrogens with zero attached hydrogens (tertiary/aromatic N) is 4. The van der Waals surface area contributed by atoms with Gasteiger partial charge in [-0.2, -0.15) is 0 Å². The van der Waals surface area contributed by atoms with E-state index in [1.807, 2.05) is 47.7 Å². The zero-order valence-corrected chi connectivity index (χ0v) is 16.6. The van der Waals surface area contributed by atoms with Gasteiger partial charge in [-0.05, 0) is 19.4 Å². The summed E-state index contributed by atoms with van der Waals surface area (Å²) in [5, 5.41) is 0. The van der Waals surface area contributed by atoms with Gasteiger partial charge in [-0.3, -0.25) is 9.59 Å². The molecule has 6 nitrogen and oxygen atoms in total. The van der Waals surface area contributed by atoms with E-state index >= 15 is 0 Å². The molecule has 3 rings (SSSR count). The van der Waals surface area contributed by atoms with Crippen molar-refractivity contribution in [1.29, 1.82) is 0 Å². The summed E-state index contributed by atoms with van der Waals surface area (Å²) in [6.07, 6.45) is 3.57. The molecule has 0 bridgehead atoms. The van der Waals surface area contributed by atoms with Crippen LogP contribution in [0.25, 0.3) is 0 Å². The Hall–Kier alpha value is -2.63. The Morgan fingerprint density at radius 2 is 2.00 bits per heavy atom. The number of hydrogen-bond acceptors (Lipinski definition) is 3. The van der Waals surface area contributed by atoms with Gasteiger partial charge in [0.25, 0.3) is 0 Å². The number of aromatic nitrogens is 2. The highest BCUT2D eigenvalue weighted by Gasteiger charge is 2.31. The van der Waals surface area contributed by atoms with E-state index in [0.29, 0.717) is 19.6 Å². The molecule has 0 spiro atoms. The smallest absolute Gasteiger partial charge is 0.245 e. The minimum atomic E-state index is -0.360. The highest BCUT2D eigenvalue weighted by atomic mass is 16.2. The highest BCUT2D eigenvalue weighted by molar-refractivity contribution is 5.87. The van der Waals surface area contributed by atoms with Crippen LogP contribution in [-0.2, 0) is 16.1 Å². The average molecular weight is 368 g/mol. The third-order valence-corrected chi connectivity index (χ3v) is 5.08. The van der Waals surface area contributed by atoms with Crippen molar-refractivity contribution in [3.8, 4) is 0 Å². The fraction of sp³-hybridized carbons (Fsp3) is 0.476. The number of hydrogen-bond donors (Lipinski definition) is 0. The molecular formula is C21H28N4O2. The molecule has 1 aromatic heterocycles. The van der Waals surface area contributed by atoms with Crippen LogP contribution < -0.4 is 0 Å². The SMILES string of the molecule is Cc1cccc(CN2CCN(C(=O)[C@@H](C)n3ccnc3C(C)C)CC2=O)c1. The first kappa shape index (κ1) is 19.1. The van der Waals surface area contributed by atoms with Gasteiger partial charge in [0.1, 0.15) is 11.9 Å². The van der Waals surface area contributed by atoms with E-state index in [9.17, 15) is 9.59 Å². The van der Waals surface area contributed by atoms with E-state index in [2.05, 4.69) is 24.9 Å². The standard InChI is InChI=1S/C21H28N4O2/c1-15(2)20-22-8-9-25(20)17(4)21(27)24-11-10-23(19(26)14-24)13-18-7-5-6-16(3)12-18/h5-9,12,15,17H,10-11,13-14H2,1-4H3/t17-/m1/s1. The largest absolute Gasteiger partial charge is 0.335 e. The Labute approximate surface area is 160 Å². The Balaban J connectivity index is 1.64. The molecule has 0 unspecified atom stereocenters. The number of rotatable bonds is 5. The molecule has 1 aliphatic rings. The second-order valence-corrected chi connectivity index (χ2v) is 7.59. The van der Waals surface area contributed by atoms with Gasteiger partial charge < -0.3 is 14.4 Å². The number of imidazole rings is 1. The van der Waals surface area contributed by atoms with Crippen LogP contribution in [0.1, 0.15) is 49.7 Å². The molecule has 27 heavy (non-hydrogen) atoms. The minimum absolute atomic E-state index is 0.00183. The molecule has 2 heterocycles. The van der Waals surface area contributed by atoms with Crippen molar-refractivity contribution in [2.45, 2.75) is 46.2 Å². The summed E-state index contributed by atoms with van der Waals surface area (Å²) in [4.78, 5) is 33.4. The van der Waals surface area contributed by atoms with E-state index in [1.54, 1.807) is 11.1 Å². The van der Waals surface area contributed by atoms with Gasteiger partial charge in [0, 0.05) is 37.9 Å². The van der Waals surface area contributed by atoms with Gasteiger partial charge in [0.05, 0.1) is 6.54 Å². The van der Waals surface area contributed by atoms with Crippen LogP contribution in [0.3, 0.4) is 0 Å². The zero-order chi connectivity index (χ0) is 19.6. The average Bonchev–Trinajstić information content (AvgIpc) is 3.12. The summed E-state index contributed by atoms with van der Waals surface area (Å²) in [5.74, 6) is 1.10. The normalized spacial score (nSPS) is 16.1. The summed E-state index contributed by atoms with van der Waals surface area (Å²) in [5.41, 5.74) is 2.31. The molecule has 0 radical (unpaired) electrons. The van der Waals surface area contributed by atoms with E-state index in [1.165, 1.54) is 5.56 Å². The lowest BCUT2D eigenvalue weighted by Crippen LogP contribution is -2.53. The second kappa shape index (κ2) is 7.94. The van der Waals surface area contributed by atoms with E-state index in [-0.39, 0.29) is 30.3 Å². The first-order valence-electron chi connectivity index (χ1n) is 9.51. The molecule has 1 aromatic carbocycles. The summed E-state index contributed by atoms with van der Waals surface area (Å²) < 4.78 is 1.91.